The summed E-state index contributed by atoms with van der Waals surface area (Å²) in [6.07, 6.45) is 2.38. The average molecular weight is 266 g/mol. The quantitative estimate of drug-likeness (QED) is 0.814. The Morgan fingerprint density at radius 1 is 0.950 bits per heavy atom. The predicted octanol–water partition coefficient (Wildman–Crippen LogP) is 3.13. The summed E-state index contributed by atoms with van der Waals surface area (Å²) >= 11 is 0. The lowest BCUT2D eigenvalue weighted by Crippen LogP contribution is -2.03. The van der Waals surface area contributed by atoms with Crippen molar-refractivity contribution in [1.82, 2.24) is 4.90 Å². The number of aryl methyl sites for hydroxylation is 1. The van der Waals surface area contributed by atoms with Crippen LogP contribution in [0.3, 0.4) is 0 Å². The van der Waals surface area contributed by atoms with Gasteiger partial charge in [0.1, 0.15) is 0 Å². The highest BCUT2D eigenvalue weighted by Crippen LogP contribution is 2.34. The third kappa shape index (κ3) is 3.27. The molecule has 104 valence electrons. The molecule has 1 heterocycles. The van der Waals surface area contributed by atoms with Crippen molar-refractivity contribution in [2.24, 2.45) is 5.73 Å². The summed E-state index contributed by atoms with van der Waals surface area (Å²) in [5, 5.41) is 0. The van der Waals surface area contributed by atoms with E-state index in [0.29, 0.717) is 12.6 Å². The first-order valence-corrected chi connectivity index (χ1v) is 7.43. The first-order chi connectivity index (χ1) is 9.86. The summed E-state index contributed by atoms with van der Waals surface area (Å²) in [7, 11) is 0. The Bertz CT molecular complexity index is 533. The Labute approximate surface area is 121 Å². The van der Waals surface area contributed by atoms with Gasteiger partial charge in [0.25, 0.3) is 0 Å². The van der Waals surface area contributed by atoms with E-state index in [2.05, 4.69) is 59.5 Å². The second-order valence-corrected chi connectivity index (χ2v) is 5.55. The summed E-state index contributed by atoms with van der Waals surface area (Å²) in [6.45, 7) is 3.04. The van der Waals surface area contributed by atoms with Crippen LogP contribution in [0.2, 0.25) is 0 Å². The highest BCUT2D eigenvalue weighted by Gasteiger charge is 2.33. The summed E-state index contributed by atoms with van der Waals surface area (Å²) in [5.41, 5.74) is 9.70. The molecule has 1 fully saturated rings. The molecule has 0 spiro atoms. The number of nitrogens with zero attached hydrogens (tertiary/aromatic N) is 1. The minimum absolute atomic E-state index is 0.632. The maximum Gasteiger partial charge on any atom is 0.0476 e. The van der Waals surface area contributed by atoms with Gasteiger partial charge in [0.15, 0.2) is 0 Å². The second-order valence-electron chi connectivity index (χ2n) is 5.55. The molecule has 0 amide bonds. The lowest BCUT2D eigenvalue weighted by Gasteiger charge is -2.05. The monoisotopic (exact) mass is 266 g/mol. The summed E-state index contributed by atoms with van der Waals surface area (Å²) in [4.78, 5) is 2.55. The Morgan fingerprint density at radius 3 is 2.35 bits per heavy atom. The maximum atomic E-state index is 5.61. The van der Waals surface area contributed by atoms with Crippen molar-refractivity contribution in [1.29, 1.82) is 0 Å². The van der Waals surface area contributed by atoms with Gasteiger partial charge in [0.05, 0.1) is 0 Å². The normalized spacial score (nSPS) is 20.9. The van der Waals surface area contributed by atoms with Gasteiger partial charge in [-0.25, -0.2) is 0 Å². The van der Waals surface area contributed by atoms with Crippen LogP contribution in [0, 0.1) is 0 Å². The van der Waals surface area contributed by atoms with Gasteiger partial charge in [0, 0.05) is 19.1 Å². The fraction of sp³-hybridized carbons (Fsp3) is 0.333. The van der Waals surface area contributed by atoms with Crippen LogP contribution in [0.5, 0.6) is 0 Å². The molecule has 0 aliphatic carbocycles. The van der Waals surface area contributed by atoms with E-state index in [1.165, 1.54) is 36.2 Å². The number of nitrogens with two attached hydrogens (primary N) is 1. The largest absolute Gasteiger partial charge is 0.326 e. The third-order valence-corrected chi connectivity index (χ3v) is 4.07. The van der Waals surface area contributed by atoms with Gasteiger partial charge in [0.2, 0.25) is 0 Å². The van der Waals surface area contributed by atoms with Crippen molar-refractivity contribution < 1.29 is 0 Å². The van der Waals surface area contributed by atoms with Crippen molar-refractivity contribution >= 4 is 0 Å². The molecular formula is C18H22N2. The molecule has 0 radical (unpaired) electrons. The fourth-order valence-corrected chi connectivity index (χ4v) is 2.74. The zero-order chi connectivity index (χ0) is 13.8. The van der Waals surface area contributed by atoms with E-state index in [-0.39, 0.29) is 0 Å². The van der Waals surface area contributed by atoms with Crippen LogP contribution in [0.15, 0.2) is 54.6 Å². The molecule has 20 heavy (non-hydrogen) atoms. The Kier molecular flexibility index (Phi) is 4.14. The van der Waals surface area contributed by atoms with Crippen molar-refractivity contribution in [3.05, 3.63) is 71.3 Å². The molecule has 1 saturated heterocycles. The van der Waals surface area contributed by atoms with E-state index in [9.17, 15) is 0 Å². The molecule has 2 unspecified atom stereocenters. The number of hydrogen-bond donors (Lipinski definition) is 1. The summed E-state index contributed by atoms with van der Waals surface area (Å²) in [5.74, 6) is 0. The molecule has 1 aliphatic heterocycles. The van der Waals surface area contributed by atoms with Crippen molar-refractivity contribution in [3.63, 3.8) is 0 Å². The van der Waals surface area contributed by atoms with E-state index in [1.54, 1.807) is 0 Å². The van der Waals surface area contributed by atoms with E-state index in [4.69, 9.17) is 5.73 Å². The second kappa shape index (κ2) is 6.21. The van der Waals surface area contributed by atoms with Gasteiger partial charge < -0.3 is 5.73 Å². The van der Waals surface area contributed by atoms with Crippen LogP contribution >= 0.6 is 0 Å². The Balaban J connectivity index is 1.43. The van der Waals surface area contributed by atoms with Gasteiger partial charge in [-0.1, -0.05) is 54.6 Å². The van der Waals surface area contributed by atoms with Crippen molar-refractivity contribution in [2.75, 3.05) is 13.1 Å². The molecule has 2 N–H and O–H groups in total. The van der Waals surface area contributed by atoms with Gasteiger partial charge in [-0.3, -0.25) is 4.90 Å². The zero-order valence-corrected chi connectivity index (χ0v) is 11.8. The van der Waals surface area contributed by atoms with Crippen LogP contribution < -0.4 is 5.73 Å². The molecule has 3 rings (SSSR count). The molecule has 2 aromatic carbocycles. The SMILES string of the molecule is NCc1ccc(CCCN2CC2c2ccccc2)cc1. The topological polar surface area (TPSA) is 29.0 Å². The van der Waals surface area contributed by atoms with Crippen LogP contribution in [0.4, 0.5) is 0 Å². The van der Waals surface area contributed by atoms with Crippen LogP contribution in [-0.2, 0) is 13.0 Å². The van der Waals surface area contributed by atoms with Gasteiger partial charge in [-0.2, -0.15) is 0 Å². The van der Waals surface area contributed by atoms with E-state index < -0.39 is 0 Å². The first kappa shape index (κ1) is 13.3. The fourth-order valence-electron chi connectivity index (χ4n) is 2.74. The summed E-state index contributed by atoms with van der Waals surface area (Å²) < 4.78 is 0. The first-order valence-electron chi connectivity index (χ1n) is 7.43. The molecule has 2 heteroatoms. The molecule has 0 bridgehead atoms. The Hall–Kier alpha value is -1.64. The number of rotatable bonds is 6. The lowest BCUT2D eigenvalue weighted by atomic mass is 10.1. The van der Waals surface area contributed by atoms with Gasteiger partial charge in [-0.05, 0) is 36.1 Å². The highest BCUT2D eigenvalue weighted by atomic mass is 15.3. The zero-order valence-electron chi connectivity index (χ0n) is 11.8. The van der Waals surface area contributed by atoms with Gasteiger partial charge in [-0.15, -0.1) is 0 Å². The molecule has 1 aliphatic rings. The molecule has 0 aromatic heterocycles. The smallest absolute Gasteiger partial charge is 0.0476 e. The van der Waals surface area contributed by atoms with Gasteiger partial charge >= 0.3 is 0 Å². The third-order valence-electron chi connectivity index (χ3n) is 4.07. The van der Waals surface area contributed by atoms with Crippen molar-refractivity contribution in [3.8, 4) is 0 Å². The Morgan fingerprint density at radius 2 is 1.65 bits per heavy atom. The standard InChI is InChI=1S/C18H22N2/c19-13-16-10-8-15(9-11-16)5-4-12-20-14-18(20)17-6-2-1-3-7-17/h1-3,6-11,18H,4-5,12-14,19H2. The molecular weight excluding hydrogens is 244 g/mol. The molecule has 2 nitrogen and oxygen atoms in total. The highest BCUT2D eigenvalue weighted by molar-refractivity contribution is 5.24. The maximum absolute atomic E-state index is 5.61. The minimum Gasteiger partial charge on any atom is -0.326 e. The molecule has 2 aromatic rings. The van der Waals surface area contributed by atoms with Crippen LogP contribution in [0.25, 0.3) is 0 Å². The van der Waals surface area contributed by atoms with E-state index in [1.807, 2.05) is 0 Å². The summed E-state index contributed by atoms with van der Waals surface area (Å²) in [6, 6.07) is 20.2. The molecule has 0 saturated carbocycles. The number of hydrogen-bond acceptors (Lipinski definition) is 2. The minimum atomic E-state index is 0.632. The van der Waals surface area contributed by atoms with Crippen molar-refractivity contribution in [2.45, 2.75) is 25.4 Å². The van der Waals surface area contributed by atoms with E-state index >= 15 is 0 Å². The van der Waals surface area contributed by atoms with Crippen LogP contribution in [-0.4, -0.2) is 18.0 Å². The number of benzene rings is 2. The lowest BCUT2D eigenvalue weighted by molar-refractivity contribution is 0.495. The van der Waals surface area contributed by atoms with Crippen LogP contribution in [0.1, 0.15) is 29.2 Å². The average Bonchev–Trinajstić information content (AvgIpc) is 3.28. The predicted molar refractivity (Wildman–Crippen MR) is 83.4 cm³/mol. The van der Waals surface area contributed by atoms with E-state index in [0.717, 1.165) is 6.42 Å². The molecule has 2 atom stereocenters.